The summed E-state index contributed by atoms with van der Waals surface area (Å²) in [5.41, 5.74) is 1.14. The summed E-state index contributed by atoms with van der Waals surface area (Å²) in [7, 11) is 1.35. The molecule has 0 spiro atoms. The average molecular weight is 262 g/mol. The lowest BCUT2D eigenvalue weighted by Crippen LogP contribution is -2.15. The van der Waals surface area contributed by atoms with E-state index in [4.69, 9.17) is 14.2 Å². The quantitative estimate of drug-likeness (QED) is 0.780. The Kier molecular flexibility index (Phi) is 3.08. The third-order valence-corrected chi connectivity index (χ3v) is 3.08. The summed E-state index contributed by atoms with van der Waals surface area (Å²) in [4.78, 5) is 11.5. The van der Waals surface area contributed by atoms with Crippen LogP contribution < -0.4 is 4.74 Å². The molecule has 0 saturated carbocycles. The molecule has 2 aromatic heterocycles. The van der Waals surface area contributed by atoms with Crippen LogP contribution in [0.4, 0.5) is 0 Å². The lowest BCUT2D eigenvalue weighted by molar-refractivity contribution is 0.0603. The van der Waals surface area contributed by atoms with Gasteiger partial charge in [0.1, 0.15) is 17.4 Å². The van der Waals surface area contributed by atoms with Crippen LogP contribution in [0, 0.1) is 0 Å². The van der Waals surface area contributed by atoms with Crippen molar-refractivity contribution in [1.82, 2.24) is 9.61 Å². The molecule has 1 saturated heterocycles. The second kappa shape index (κ2) is 4.89. The van der Waals surface area contributed by atoms with E-state index >= 15 is 0 Å². The minimum atomic E-state index is -0.395. The molecule has 0 aliphatic carbocycles. The van der Waals surface area contributed by atoms with E-state index in [-0.39, 0.29) is 6.10 Å². The molecule has 19 heavy (non-hydrogen) atoms. The van der Waals surface area contributed by atoms with E-state index in [2.05, 4.69) is 5.10 Å². The molecular formula is C13H14N2O4. The van der Waals surface area contributed by atoms with Crippen LogP contribution in [0.15, 0.2) is 24.5 Å². The van der Waals surface area contributed by atoms with Gasteiger partial charge in [-0.05, 0) is 12.1 Å². The maximum Gasteiger partial charge on any atom is 0.341 e. The van der Waals surface area contributed by atoms with Gasteiger partial charge in [0, 0.05) is 6.42 Å². The van der Waals surface area contributed by atoms with Gasteiger partial charge in [-0.1, -0.05) is 0 Å². The minimum Gasteiger partial charge on any atom is -0.486 e. The number of ether oxygens (including phenoxy) is 3. The largest absolute Gasteiger partial charge is 0.486 e. The van der Waals surface area contributed by atoms with Gasteiger partial charge in [-0.15, -0.1) is 0 Å². The average Bonchev–Trinajstić information content (AvgIpc) is 3.06. The van der Waals surface area contributed by atoms with Gasteiger partial charge in [-0.2, -0.15) is 5.10 Å². The molecule has 0 bridgehead atoms. The predicted molar refractivity (Wildman–Crippen MR) is 66.4 cm³/mol. The first kappa shape index (κ1) is 12.0. The fourth-order valence-electron chi connectivity index (χ4n) is 2.10. The van der Waals surface area contributed by atoms with E-state index in [1.807, 2.05) is 6.07 Å². The number of carbonyl (C=O) groups excluding carboxylic acids is 1. The molecule has 1 fully saturated rings. The summed E-state index contributed by atoms with van der Waals surface area (Å²) < 4.78 is 17.3. The van der Waals surface area contributed by atoms with Crippen LogP contribution in [-0.4, -0.2) is 42.0 Å². The van der Waals surface area contributed by atoms with E-state index < -0.39 is 5.97 Å². The van der Waals surface area contributed by atoms with Crippen molar-refractivity contribution in [2.45, 2.75) is 12.5 Å². The molecule has 0 aromatic carbocycles. The van der Waals surface area contributed by atoms with E-state index in [9.17, 15) is 4.79 Å². The molecule has 6 nitrogen and oxygen atoms in total. The number of aromatic nitrogens is 2. The van der Waals surface area contributed by atoms with Crippen molar-refractivity contribution >= 4 is 11.5 Å². The molecule has 2 aromatic rings. The normalized spacial score (nSPS) is 18.7. The molecule has 1 unspecified atom stereocenters. The minimum absolute atomic E-state index is 0.0908. The highest BCUT2D eigenvalue weighted by molar-refractivity contribution is 5.96. The summed E-state index contributed by atoms with van der Waals surface area (Å²) in [6.45, 7) is 1.35. The van der Waals surface area contributed by atoms with Crippen LogP contribution in [0.2, 0.25) is 0 Å². The van der Waals surface area contributed by atoms with Gasteiger partial charge in [0.15, 0.2) is 0 Å². The third-order valence-electron chi connectivity index (χ3n) is 3.08. The predicted octanol–water partition coefficient (Wildman–Crippen LogP) is 1.29. The van der Waals surface area contributed by atoms with Gasteiger partial charge in [0.25, 0.3) is 0 Å². The zero-order valence-electron chi connectivity index (χ0n) is 10.5. The first-order valence-electron chi connectivity index (χ1n) is 6.08. The first-order chi connectivity index (χ1) is 9.28. The summed E-state index contributed by atoms with van der Waals surface area (Å²) >= 11 is 0. The Bertz CT molecular complexity index is 602. The molecule has 0 amide bonds. The standard InChI is InChI=1S/C13H14N2O4/c1-17-13(16)11-6-14-15-7-9(2-3-12(11)15)19-10-4-5-18-8-10/h2-3,6-7,10H,4-5,8H2,1H3. The fraction of sp³-hybridized carbons (Fsp3) is 0.385. The zero-order chi connectivity index (χ0) is 13.2. The Morgan fingerprint density at radius 2 is 2.42 bits per heavy atom. The molecule has 0 N–H and O–H groups in total. The molecular weight excluding hydrogens is 248 g/mol. The number of carbonyl (C=O) groups is 1. The first-order valence-corrected chi connectivity index (χ1v) is 6.08. The molecule has 1 atom stereocenters. The third kappa shape index (κ3) is 2.26. The van der Waals surface area contributed by atoms with Crippen LogP contribution >= 0.6 is 0 Å². The van der Waals surface area contributed by atoms with Gasteiger partial charge in [0.2, 0.25) is 0 Å². The molecule has 3 heterocycles. The highest BCUT2D eigenvalue weighted by Gasteiger charge is 2.18. The van der Waals surface area contributed by atoms with Crippen LogP contribution in [0.5, 0.6) is 5.75 Å². The highest BCUT2D eigenvalue weighted by atomic mass is 16.5. The van der Waals surface area contributed by atoms with Gasteiger partial charge in [0.05, 0.1) is 38.2 Å². The van der Waals surface area contributed by atoms with Crippen LogP contribution in [0.25, 0.3) is 5.52 Å². The van der Waals surface area contributed by atoms with E-state index in [1.165, 1.54) is 13.3 Å². The van der Waals surface area contributed by atoms with Gasteiger partial charge in [-0.25, -0.2) is 9.31 Å². The Morgan fingerprint density at radius 3 is 3.16 bits per heavy atom. The Hall–Kier alpha value is -2.08. The summed E-state index contributed by atoms with van der Waals surface area (Å²) in [5, 5.41) is 4.13. The number of pyridine rings is 1. The van der Waals surface area contributed by atoms with Crippen molar-refractivity contribution < 1.29 is 19.0 Å². The number of fused-ring (bicyclic) bond motifs is 1. The SMILES string of the molecule is COC(=O)c1cnn2cc(OC3CCOC3)ccc12. The van der Waals surface area contributed by atoms with Crippen LogP contribution in [-0.2, 0) is 9.47 Å². The number of hydrogen-bond acceptors (Lipinski definition) is 5. The molecule has 3 rings (SSSR count). The Morgan fingerprint density at radius 1 is 1.53 bits per heavy atom. The van der Waals surface area contributed by atoms with Gasteiger partial charge in [-0.3, -0.25) is 0 Å². The lowest BCUT2D eigenvalue weighted by Gasteiger charge is -2.11. The van der Waals surface area contributed by atoms with Crippen molar-refractivity contribution in [3.63, 3.8) is 0 Å². The van der Waals surface area contributed by atoms with Crippen molar-refractivity contribution in [1.29, 1.82) is 0 Å². The topological polar surface area (TPSA) is 62.1 Å². The van der Waals surface area contributed by atoms with E-state index in [0.717, 1.165) is 13.0 Å². The van der Waals surface area contributed by atoms with Gasteiger partial charge < -0.3 is 14.2 Å². The van der Waals surface area contributed by atoms with Gasteiger partial charge >= 0.3 is 5.97 Å². The lowest BCUT2D eigenvalue weighted by atomic mass is 10.2. The number of esters is 1. The molecule has 1 aliphatic rings. The van der Waals surface area contributed by atoms with Crippen LogP contribution in [0.1, 0.15) is 16.8 Å². The molecule has 1 aliphatic heterocycles. The number of rotatable bonds is 3. The smallest absolute Gasteiger partial charge is 0.341 e. The maximum atomic E-state index is 11.5. The summed E-state index contributed by atoms with van der Waals surface area (Å²) in [6, 6.07) is 3.62. The second-order valence-corrected chi connectivity index (χ2v) is 4.35. The van der Waals surface area contributed by atoms with Crippen molar-refractivity contribution in [3.8, 4) is 5.75 Å². The highest BCUT2D eigenvalue weighted by Crippen LogP contribution is 2.20. The molecule has 6 heteroatoms. The van der Waals surface area contributed by atoms with Crippen molar-refractivity contribution in [3.05, 3.63) is 30.1 Å². The number of hydrogen-bond donors (Lipinski definition) is 0. The summed E-state index contributed by atoms with van der Waals surface area (Å²) in [6.07, 6.45) is 4.22. The van der Waals surface area contributed by atoms with E-state index in [0.29, 0.717) is 23.4 Å². The van der Waals surface area contributed by atoms with Crippen molar-refractivity contribution in [2.75, 3.05) is 20.3 Å². The number of nitrogens with zero attached hydrogens (tertiary/aromatic N) is 2. The van der Waals surface area contributed by atoms with Crippen LogP contribution in [0.3, 0.4) is 0 Å². The monoisotopic (exact) mass is 262 g/mol. The maximum absolute atomic E-state index is 11.5. The molecule has 100 valence electrons. The van der Waals surface area contributed by atoms with E-state index in [1.54, 1.807) is 16.8 Å². The zero-order valence-corrected chi connectivity index (χ0v) is 10.5. The second-order valence-electron chi connectivity index (χ2n) is 4.35. The fourth-order valence-corrected chi connectivity index (χ4v) is 2.10. The Balaban J connectivity index is 1.87. The summed E-state index contributed by atoms with van der Waals surface area (Å²) in [5.74, 6) is 0.315. The van der Waals surface area contributed by atoms with Crippen molar-refractivity contribution in [2.24, 2.45) is 0 Å². The number of methoxy groups -OCH3 is 1. The molecule has 0 radical (unpaired) electrons. The Labute approximate surface area is 109 Å².